The van der Waals surface area contributed by atoms with Crippen LogP contribution in [0.5, 0.6) is 0 Å². The van der Waals surface area contributed by atoms with E-state index in [0.717, 1.165) is 19.6 Å². The first kappa shape index (κ1) is 11.3. The monoisotopic (exact) mass is 203 g/mol. The maximum absolute atomic E-state index is 10.9. The van der Waals surface area contributed by atoms with Crippen LogP contribution in [0.1, 0.15) is 19.8 Å². The Morgan fingerprint density at radius 2 is 2.21 bits per heavy atom. The van der Waals surface area contributed by atoms with Gasteiger partial charge in [0, 0.05) is 13.0 Å². The van der Waals surface area contributed by atoms with Crippen LogP contribution in [0.15, 0.2) is 0 Å². The number of hydrogen-bond donors (Lipinski definition) is 1. The molecule has 5 nitrogen and oxygen atoms in total. The molecule has 0 saturated carbocycles. The second kappa shape index (κ2) is 6.62. The third-order valence-corrected chi connectivity index (χ3v) is 1.82. The van der Waals surface area contributed by atoms with Gasteiger partial charge in [0.2, 0.25) is 0 Å². The minimum atomic E-state index is -0.386. The van der Waals surface area contributed by atoms with Crippen LogP contribution in [0.4, 0.5) is 4.79 Å². The largest absolute Gasteiger partial charge is 0.450 e. The van der Waals surface area contributed by atoms with Crippen molar-refractivity contribution in [3.8, 4) is 0 Å². The topological polar surface area (TPSA) is 56.8 Å². The molecule has 0 aromatic rings. The van der Waals surface area contributed by atoms with Crippen LogP contribution in [-0.4, -0.2) is 38.7 Å². The lowest BCUT2D eigenvalue weighted by molar-refractivity contribution is -0.180. The van der Waals surface area contributed by atoms with E-state index in [1.165, 1.54) is 0 Å². The third-order valence-electron chi connectivity index (χ3n) is 1.82. The van der Waals surface area contributed by atoms with E-state index in [2.05, 4.69) is 5.32 Å². The molecule has 0 aromatic heterocycles. The summed E-state index contributed by atoms with van der Waals surface area (Å²) in [7, 11) is 0. The van der Waals surface area contributed by atoms with Crippen molar-refractivity contribution < 1.29 is 19.0 Å². The van der Waals surface area contributed by atoms with Crippen molar-refractivity contribution in [2.24, 2.45) is 0 Å². The lowest BCUT2D eigenvalue weighted by Crippen LogP contribution is -2.31. The summed E-state index contributed by atoms with van der Waals surface area (Å²) in [5.74, 6) is 0. The van der Waals surface area contributed by atoms with Gasteiger partial charge in [0.15, 0.2) is 6.29 Å². The van der Waals surface area contributed by atoms with Crippen LogP contribution in [0.2, 0.25) is 0 Å². The Balaban J connectivity index is 1.99. The number of nitrogens with one attached hydrogen (secondary N) is 1. The fraction of sp³-hybridized carbons (Fsp3) is 0.889. The minimum Gasteiger partial charge on any atom is -0.450 e. The Labute approximate surface area is 83.7 Å². The number of amides is 1. The normalized spacial score (nSPS) is 17.8. The predicted octanol–water partition coefficient (Wildman–Crippen LogP) is 0.886. The molecule has 1 saturated heterocycles. The highest BCUT2D eigenvalue weighted by Crippen LogP contribution is 2.07. The van der Waals surface area contributed by atoms with Gasteiger partial charge in [-0.05, 0) is 13.3 Å². The molecule has 0 spiro atoms. The molecule has 1 aliphatic rings. The van der Waals surface area contributed by atoms with E-state index in [4.69, 9.17) is 14.2 Å². The molecule has 0 radical (unpaired) electrons. The van der Waals surface area contributed by atoms with Gasteiger partial charge in [-0.2, -0.15) is 0 Å². The van der Waals surface area contributed by atoms with E-state index in [0.29, 0.717) is 19.6 Å². The lowest BCUT2D eigenvalue weighted by Gasteiger charge is -2.22. The molecule has 1 fully saturated rings. The van der Waals surface area contributed by atoms with E-state index < -0.39 is 0 Å². The van der Waals surface area contributed by atoms with Crippen molar-refractivity contribution in [3.05, 3.63) is 0 Å². The molecule has 0 aromatic carbocycles. The molecular weight excluding hydrogens is 186 g/mol. The summed E-state index contributed by atoms with van der Waals surface area (Å²) in [6.45, 7) is 4.16. The number of rotatable bonds is 4. The zero-order valence-electron chi connectivity index (χ0n) is 8.45. The standard InChI is InChI=1S/C9H17NO4/c1-2-12-9(11)10-5-4-8-13-6-3-7-14-8/h8H,2-7H2,1H3,(H,10,11). The van der Waals surface area contributed by atoms with Crippen LogP contribution in [0.3, 0.4) is 0 Å². The molecule has 1 aliphatic heterocycles. The summed E-state index contributed by atoms with van der Waals surface area (Å²) in [4.78, 5) is 10.9. The van der Waals surface area contributed by atoms with Crippen LogP contribution in [-0.2, 0) is 14.2 Å². The van der Waals surface area contributed by atoms with Crippen LogP contribution in [0.25, 0.3) is 0 Å². The highest BCUT2D eigenvalue weighted by molar-refractivity contribution is 5.66. The Morgan fingerprint density at radius 1 is 1.50 bits per heavy atom. The van der Waals surface area contributed by atoms with E-state index in [9.17, 15) is 4.79 Å². The molecule has 1 rings (SSSR count). The summed E-state index contributed by atoms with van der Waals surface area (Å²) in [6, 6.07) is 0. The molecule has 0 atom stereocenters. The maximum atomic E-state index is 10.9. The molecular formula is C9H17NO4. The van der Waals surface area contributed by atoms with Gasteiger partial charge < -0.3 is 19.5 Å². The van der Waals surface area contributed by atoms with Crippen LogP contribution >= 0.6 is 0 Å². The summed E-state index contributed by atoms with van der Waals surface area (Å²) < 4.78 is 15.3. The first-order valence-corrected chi connectivity index (χ1v) is 4.96. The predicted molar refractivity (Wildman–Crippen MR) is 50.0 cm³/mol. The number of alkyl carbamates (subject to hydrolysis) is 1. The molecule has 0 unspecified atom stereocenters. The number of hydrogen-bond acceptors (Lipinski definition) is 4. The zero-order chi connectivity index (χ0) is 10.2. The van der Waals surface area contributed by atoms with Gasteiger partial charge in [0.25, 0.3) is 0 Å². The molecule has 0 bridgehead atoms. The highest BCUT2D eigenvalue weighted by Gasteiger charge is 2.13. The molecule has 5 heteroatoms. The van der Waals surface area contributed by atoms with Gasteiger partial charge in [0.1, 0.15) is 0 Å². The van der Waals surface area contributed by atoms with Crippen molar-refractivity contribution in [2.75, 3.05) is 26.4 Å². The van der Waals surface area contributed by atoms with Gasteiger partial charge in [-0.3, -0.25) is 0 Å². The highest BCUT2D eigenvalue weighted by atomic mass is 16.7. The molecule has 1 heterocycles. The van der Waals surface area contributed by atoms with E-state index >= 15 is 0 Å². The second-order valence-electron chi connectivity index (χ2n) is 2.96. The molecule has 14 heavy (non-hydrogen) atoms. The number of carbonyl (C=O) groups excluding carboxylic acids is 1. The van der Waals surface area contributed by atoms with Crippen molar-refractivity contribution in [3.63, 3.8) is 0 Å². The summed E-state index contributed by atoms with van der Waals surface area (Å²) in [5, 5.41) is 2.61. The second-order valence-corrected chi connectivity index (χ2v) is 2.96. The molecule has 1 amide bonds. The van der Waals surface area contributed by atoms with Gasteiger partial charge >= 0.3 is 6.09 Å². The maximum Gasteiger partial charge on any atom is 0.407 e. The molecule has 82 valence electrons. The Hall–Kier alpha value is -0.810. The molecule has 1 N–H and O–H groups in total. The van der Waals surface area contributed by atoms with Gasteiger partial charge in [-0.25, -0.2) is 4.79 Å². The average molecular weight is 203 g/mol. The first-order valence-electron chi connectivity index (χ1n) is 4.96. The fourth-order valence-electron chi connectivity index (χ4n) is 1.18. The SMILES string of the molecule is CCOC(=O)NCCC1OCCCO1. The van der Waals surface area contributed by atoms with E-state index in [1.54, 1.807) is 6.92 Å². The van der Waals surface area contributed by atoms with Crippen molar-refractivity contribution in [1.82, 2.24) is 5.32 Å². The Kier molecular flexibility index (Phi) is 5.32. The number of carbonyl (C=O) groups is 1. The summed E-state index contributed by atoms with van der Waals surface area (Å²) in [6.07, 6.45) is 1.05. The average Bonchev–Trinajstić information content (AvgIpc) is 2.20. The Morgan fingerprint density at radius 3 is 2.86 bits per heavy atom. The molecule has 0 aliphatic carbocycles. The van der Waals surface area contributed by atoms with Crippen molar-refractivity contribution in [2.45, 2.75) is 26.1 Å². The zero-order valence-corrected chi connectivity index (χ0v) is 8.45. The lowest BCUT2D eigenvalue weighted by atomic mass is 10.3. The smallest absolute Gasteiger partial charge is 0.407 e. The Bertz CT molecular complexity index is 168. The van der Waals surface area contributed by atoms with E-state index in [-0.39, 0.29) is 12.4 Å². The number of ether oxygens (including phenoxy) is 3. The van der Waals surface area contributed by atoms with Crippen LogP contribution < -0.4 is 5.32 Å². The van der Waals surface area contributed by atoms with Crippen molar-refractivity contribution >= 4 is 6.09 Å². The van der Waals surface area contributed by atoms with Gasteiger partial charge in [0.05, 0.1) is 19.8 Å². The summed E-state index contributed by atoms with van der Waals surface area (Å²) >= 11 is 0. The van der Waals surface area contributed by atoms with Crippen molar-refractivity contribution in [1.29, 1.82) is 0 Å². The van der Waals surface area contributed by atoms with Gasteiger partial charge in [-0.15, -0.1) is 0 Å². The minimum absolute atomic E-state index is 0.175. The summed E-state index contributed by atoms with van der Waals surface area (Å²) in [5.41, 5.74) is 0. The van der Waals surface area contributed by atoms with Crippen LogP contribution in [0, 0.1) is 0 Å². The quantitative estimate of drug-likeness (QED) is 0.737. The fourth-order valence-corrected chi connectivity index (χ4v) is 1.18. The first-order chi connectivity index (χ1) is 6.83. The van der Waals surface area contributed by atoms with E-state index in [1.807, 2.05) is 0 Å². The van der Waals surface area contributed by atoms with Gasteiger partial charge in [-0.1, -0.05) is 0 Å². The third kappa shape index (κ3) is 4.43.